The molecule has 7 nitrogen and oxygen atoms in total. The topological polar surface area (TPSA) is 107 Å². The number of ether oxygens (including phenoxy) is 2. The van der Waals surface area contributed by atoms with Crippen LogP contribution in [0.3, 0.4) is 0 Å². The molecule has 0 aliphatic heterocycles. The van der Waals surface area contributed by atoms with E-state index in [1.807, 2.05) is 13.8 Å². The average molecular weight is 348 g/mol. The van der Waals surface area contributed by atoms with Crippen LogP contribution in [0.2, 0.25) is 0 Å². The molecule has 0 aromatic carbocycles. The van der Waals surface area contributed by atoms with E-state index in [9.17, 15) is 22.6 Å². The van der Waals surface area contributed by atoms with Crippen molar-refractivity contribution < 1.29 is 63.0 Å². The summed E-state index contributed by atoms with van der Waals surface area (Å²) in [7, 11) is -4.80. The Labute approximate surface area is 155 Å². The predicted molar refractivity (Wildman–Crippen MR) is 77.4 cm³/mol. The minimum absolute atomic E-state index is 0. The molecule has 0 saturated heterocycles. The molecule has 0 saturated carbocycles. The Bertz CT molecular complexity index is 455. The third-order valence-electron chi connectivity index (χ3n) is 2.97. The van der Waals surface area contributed by atoms with Gasteiger partial charge in [0.25, 0.3) is 10.1 Å². The molecule has 0 fully saturated rings. The van der Waals surface area contributed by atoms with Crippen LogP contribution in [0.1, 0.15) is 54.3 Å². The van der Waals surface area contributed by atoms with Gasteiger partial charge in [0.05, 0.1) is 19.6 Å². The quantitative estimate of drug-likeness (QED) is 0.229. The first kappa shape index (κ1) is 24.1. The molecule has 0 rings (SSSR count). The standard InChI is InChI=1S/C13H24O7S.Na.H/c1-4-6-8-19-11(14)10-13(3,21(16,17)18)12(15)20-9-7-5-2;;/h4-10H2,1-3H3,(H,16,17,18);;/q;+1;-1. The number of esters is 2. The fourth-order valence-electron chi connectivity index (χ4n) is 1.39. The van der Waals surface area contributed by atoms with Gasteiger partial charge in [0.2, 0.25) is 4.75 Å². The number of carbonyl (C=O) groups excluding carboxylic acids is 2. The maximum absolute atomic E-state index is 11.9. The summed E-state index contributed by atoms with van der Waals surface area (Å²) in [5.74, 6) is -2.01. The van der Waals surface area contributed by atoms with Gasteiger partial charge in [-0.05, 0) is 19.8 Å². The first-order chi connectivity index (χ1) is 9.69. The Balaban J connectivity index is -0.00000200. The van der Waals surface area contributed by atoms with Crippen LogP contribution in [-0.2, 0) is 29.2 Å². The van der Waals surface area contributed by atoms with Crippen molar-refractivity contribution in [2.75, 3.05) is 13.2 Å². The molecule has 1 N–H and O–H groups in total. The SMILES string of the molecule is CCCCOC(=O)CC(C)(C(=O)OCCCC)S(=O)(=O)O.[H-].[Na+]. The van der Waals surface area contributed by atoms with E-state index in [1.54, 1.807) is 0 Å². The van der Waals surface area contributed by atoms with Crippen LogP contribution < -0.4 is 29.6 Å². The fourth-order valence-corrected chi connectivity index (χ4v) is 1.96. The van der Waals surface area contributed by atoms with Crippen molar-refractivity contribution in [1.82, 2.24) is 0 Å². The molecule has 22 heavy (non-hydrogen) atoms. The molecule has 9 heteroatoms. The van der Waals surface area contributed by atoms with E-state index in [4.69, 9.17) is 9.47 Å². The number of hydrogen-bond donors (Lipinski definition) is 1. The van der Waals surface area contributed by atoms with Gasteiger partial charge < -0.3 is 10.9 Å². The molecule has 1 atom stereocenters. The maximum Gasteiger partial charge on any atom is 1.00 e. The van der Waals surface area contributed by atoms with E-state index in [-0.39, 0.29) is 44.2 Å². The summed E-state index contributed by atoms with van der Waals surface area (Å²) < 4.78 is 39.4. The van der Waals surface area contributed by atoms with Gasteiger partial charge in [0.1, 0.15) is 0 Å². The molecule has 126 valence electrons. The maximum atomic E-state index is 11.9. The van der Waals surface area contributed by atoms with Crippen molar-refractivity contribution in [1.29, 1.82) is 0 Å². The van der Waals surface area contributed by atoms with Crippen LogP contribution in [0, 0.1) is 0 Å². The Hall–Kier alpha value is -0.150. The molecule has 0 aliphatic rings. The van der Waals surface area contributed by atoms with Crippen LogP contribution in [0.4, 0.5) is 0 Å². The van der Waals surface area contributed by atoms with Crippen LogP contribution in [-0.4, -0.2) is 42.9 Å². The molecule has 0 aromatic rings. The molecule has 0 amide bonds. The molecule has 0 aliphatic carbocycles. The second-order valence-electron chi connectivity index (χ2n) is 4.95. The summed E-state index contributed by atoms with van der Waals surface area (Å²) in [5.41, 5.74) is 0. The van der Waals surface area contributed by atoms with Crippen LogP contribution in [0.25, 0.3) is 0 Å². The summed E-state index contributed by atoms with van der Waals surface area (Å²) in [6.07, 6.45) is 1.99. The first-order valence-electron chi connectivity index (χ1n) is 6.99. The van der Waals surface area contributed by atoms with Crippen LogP contribution in [0.15, 0.2) is 0 Å². The molecule has 0 bridgehead atoms. The summed E-state index contributed by atoms with van der Waals surface area (Å²) in [6.45, 7) is 4.91. The van der Waals surface area contributed by atoms with Crippen molar-refractivity contribution in [3.63, 3.8) is 0 Å². The molecular formula is C13H25NaO7S. The zero-order chi connectivity index (χ0) is 16.5. The average Bonchev–Trinajstić information content (AvgIpc) is 2.37. The number of unbranched alkanes of at least 4 members (excludes halogenated alkanes) is 2. The van der Waals surface area contributed by atoms with Crippen molar-refractivity contribution in [3.05, 3.63) is 0 Å². The largest absolute Gasteiger partial charge is 1.00 e. The second-order valence-corrected chi connectivity index (χ2v) is 6.80. The predicted octanol–water partition coefficient (Wildman–Crippen LogP) is -1.17. The Kier molecular flexibility index (Phi) is 12.5. The van der Waals surface area contributed by atoms with Crippen LogP contribution >= 0.6 is 0 Å². The van der Waals surface area contributed by atoms with Crippen molar-refractivity contribution >= 4 is 22.1 Å². The molecular weight excluding hydrogens is 323 g/mol. The smallest absolute Gasteiger partial charge is 1.00 e. The minimum atomic E-state index is -4.80. The summed E-state index contributed by atoms with van der Waals surface area (Å²) in [5, 5.41) is 0. The Morgan fingerprint density at radius 2 is 1.55 bits per heavy atom. The van der Waals surface area contributed by atoms with Gasteiger partial charge in [-0.25, -0.2) is 0 Å². The summed E-state index contributed by atoms with van der Waals surface area (Å²) >= 11 is 0. The van der Waals surface area contributed by atoms with E-state index in [2.05, 4.69) is 0 Å². The van der Waals surface area contributed by atoms with Gasteiger partial charge in [-0.2, -0.15) is 8.42 Å². The van der Waals surface area contributed by atoms with Gasteiger partial charge in [-0.1, -0.05) is 26.7 Å². The minimum Gasteiger partial charge on any atom is -1.00 e. The van der Waals surface area contributed by atoms with Gasteiger partial charge in [-0.3, -0.25) is 14.1 Å². The van der Waals surface area contributed by atoms with Gasteiger partial charge in [-0.15, -0.1) is 0 Å². The second kappa shape index (κ2) is 11.4. The summed E-state index contributed by atoms with van der Waals surface area (Å²) in [6, 6.07) is 0. The third-order valence-corrected chi connectivity index (χ3v) is 4.42. The van der Waals surface area contributed by atoms with E-state index in [0.29, 0.717) is 12.8 Å². The van der Waals surface area contributed by atoms with Gasteiger partial charge >= 0.3 is 41.5 Å². The number of hydrogen-bond acceptors (Lipinski definition) is 6. The first-order valence-corrected chi connectivity index (χ1v) is 8.43. The Morgan fingerprint density at radius 3 is 1.95 bits per heavy atom. The molecule has 0 radical (unpaired) electrons. The molecule has 0 aromatic heterocycles. The molecule has 1 unspecified atom stereocenters. The van der Waals surface area contributed by atoms with Crippen molar-refractivity contribution in [2.24, 2.45) is 0 Å². The van der Waals surface area contributed by atoms with Gasteiger partial charge in [0, 0.05) is 0 Å². The zero-order valence-electron chi connectivity index (χ0n) is 14.8. The van der Waals surface area contributed by atoms with E-state index >= 15 is 0 Å². The van der Waals surface area contributed by atoms with E-state index in [1.165, 1.54) is 0 Å². The normalized spacial score (nSPS) is 13.6. The number of carbonyl (C=O) groups is 2. The third kappa shape index (κ3) is 7.92. The molecule has 0 spiro atoms. The fraction of sp³-hybridized carbons (Fsp3) is 0.846. The molecule has 0 heterocycles. The van der Waals surface area contributed by atoms with Gasteiger partial charge in [0.15, 0.2) is 0 Å². The van der Waals surface area contributed by atoms with E-state index in [0.717, 1.165) is 19.8 Å². The summed E-state index contributed by atoms with van der Waals surface area (Å²) in [4.78, 5) is 23.5. The van der Waals surface area contributed by atoms with Crippen LogP contribution in [0.5, 0.6) is 0 Å². The zero-order valence-corrected chi connectivity index (χ0v) is 16.6. The van der Waals surface area contributed by atoms with Crippen molar-refractivity contribution in [3.8, 4) is 0 Å². The van der Waals surface area contributed by atoms with E-state index < -0.39 is 33.2 Å². The number of rotatable bonds is 10. The van der Waals surface area contributed by atoms with Crippen molar-refractivity contribution in [2.45, 2.75) is 57.6 Å². The monoisotopic (exact) mass is 348 g/mol. The Morgan fingerprint density at radius 1 is 1.09 bits per heavy atom.